The van der Waals surface area contributed by atoms with Crippen molar-refractivity contribution >= 4 is 45.7 Å². The van der Waals surface area contributed by atoms with Gasteiger partial charge in [0.2, 0.25) is 16.8 Å². The molecule has 0 radical (unpaired) electrons. The Morgan fingerprint density at radius 2 is 1.95 bits per heavy atom. The third-order valence-electron chi connectivity index (χ3n) is 6.74. The van der Waals surface area contributed by atoms with Gasteiger partial charge in [-0.05, 0) is 37.5 Å². The quantitative estimate of drug-likeness (QED) is 0.334. The van der Waals surface area contributed by atoms with Gasteiger partial charge in [0.25, 0.3) is 0 Å². The number of ether oxygens (including phenoxy) is 3. The fraction of sp³-hybridized carbons (Fsp3) is 0.333. The standard InChI is InChI=1S/C27H27N7O6S2/c1-13-8-20(33-40-13)30-21(36)12-41-27-32-31-26(42-27)34-16-6-5-7-17(35)23(16)22(15(11-28)25(34)29)14-9-18(37-2)24(39-4)19(10-14)38-3/h8-10,22H,5-7,12,29H2,1-4H3,(H,30,33,36). The largest absolute Gasteiger partial charge is 0.493 e. The van der Waals surface area contributed by atoms with E-state index in [0.29, 0.717) is 74.4 Å². The number of amides is 1. The Balaban J connectivity index is 1.49. The molecule has 0 saturated carbocycles. The van der Waals surface area contributed by atoms with Gasteiger partial charge in [-0.25, -0.2) is 0 Å². The van der Waals surface area contributed by atoms with E-state index in [0.717, 1.165) is 0 Å². The Morgan fingerprint density at radius 1 is 1.21 bits per heavy atom. The summed E-state index contributed by atoms with van der Waals surface area (Å²) in [5.41, 5.74) is 8.58. The summed E-state index contributed by atoms with van der Waals surface area (Å²) in [5, 5.41) is 25.7. The molecule has 1 unspecified atom stereocenters. The highest BCUT2D eigenvalue weighted by atomic mass is 32.2. The van der Waals surface area contributed by atoms with Gasteiger partial charge in [-0.1, -0.05) is 28.3 Å². The molecule has 1 aliphatic carbocycles. The lowest BCUT2D eigenvalue weighted by Crippen LogP contribution is -2.38. The maximum absolute atomic E-state index is 13.5. The van der Waals surface area contributed by atoms with Crippen molar-refractivity contribution in [3.8, 4) is 23.3 Å². The van der Waals surface area contributed by atoms with Crippen LogP contribution in [-0.4, -0.2) is 54.1 Å². The van der Waals surface area contributed by atoms with E-state index < -0.39 is 5.92 Å². The SMILES string of the molecule is COc1cc(C2C(C#N)=C(N)N(c3nnc(SCC(=O)Nc4cc(C)on4)s3)C3=C2C(=O)CCC3)cc(OC)c1OC. The molecule has 0 bridgehead atoms. The molecule has 13 nitrogen and oxygen atoms in total. The first-order chi connectivity index (χ1) is 20.3. The number of rotatable bonds is 9. The topological polar surface area (TPSA) is 179 Å². The van der Waals surface area contributed by atoms with Crippen LogP contribution in [0.3, 0.4) is 0 Å². The van der Waals surface area contributed by atoms with Crippen LogP contribution in [0.2, 0.25) is 0 Å². The van der Waals surface area contributed by atoms with E-state index >= 15 is 0 Å². The minimum Gasteiger partial charge on any atom is -0.493 e. The van der Waals surface area contributed by atoms with Crippen molar-refractivity contribution in [3.05, 3.63) is 52.2 Å². The lowest BCUT2D eigenvalue weighted by Gasteiger charge is -2.38. The smallest absolute Gasteiger partial charge is 0.236 e. The number of nitrogens with two attached hydrogens (primary N) is 1. The van der Waals surface area contributed by atoms with Crippen LogP contribution in [-0.2, 0) is 9.59 Å². The Kier molecular flexibility index (Phi) is 8.36. The van der Waals surface area contributed by atoms with Gasteiger partial charge in [0, 0.05) is 23.8 Å². The van der Waals surface area contributed by atoms with Crippen LogP contribution >= 0.6 is 23.1 Å². The van der Waals surface area contributed by atoms with Crippen LogP contribution < -0.4 is 30.2 Å². The fourth-order valence-corrected chi connectivity index (χ4v) is 6.67. The molecule has 15 heteroatoms. The molecule has 0 fully saturated rings. The van der Waals surface area contributed by atoms with Gasteiger partial charge in [-0.2, -0.15) is 5.26 Å². The van der Waals surface area contributed by atoms with Gasteiger partial charge in [0.1, 0.15) is 11.6 Å². The van der Waals surface area contributed by atoms with Crippen LogP contribution in [0.5, 0.6) is 17.2 Å². The van der Waals surface area contributed by atoms with Gasteiger partial charge >= 0.3 is 0 Å². The van der Waals surface area contributed by atoms with Crippen LogP contribution in [0.4, 0.5) is 10.9 Å². The zero-order chi connectivity index (χ0) is 30.0. The van der Waals surface area contributed by atoms with Crippen molar-refractivity contribution in [2.75, 3.05) is 37.3 Å². The molecule has 5 rings (SSSR count). The zero-order valence-electron chi connectivity index (χ0n) is 23.2. The molecular weight excluding hydrogens is 582 g/mol. The Bertz CT molecular complexity index is 1630. The number of allylic oxidation sites excluding steroid dienone is 3. The Labute approximate surface area is 249 Å². The summed E-state index contributed by atoms with van der Waals surface area (Å²) in [6.07, 6.45) is 1.50. The van der Waals surface area contributed by atoms with Gasteiger partial charge < -0.3 is 29.8 Å². The number of benzene rings is 1. The van der Waals surface area contributed by atoms with E-state index in [2.05, 4.69) is 26.7 Å². The summed E-state index contributed by atoms with van der Waals surface area (Å²) in [5.74, 6) is 1.18. The molecule has 1 aromatic carbocycles. The normalized spacial score (nSPS) is 16.7. The second-order valence-corrected chi connectivity index (χ2v) is 11.5. The average Bonchev–Trinajstić information content (AvgIpc) is 3.63. The molecule has 1 atom stereocenters. The Hall–Kier alpha value is -4.55. The maximum Gasteiger partial charge on any atom is 0.236 e. The first kappa shape index (κ1) is 29.0. The average molecular weight is 610 g/mol. The van der Waals surface area contributed by atoms with E-state index in [1.807, 2.05) is 0 Å². The van der Waals surface area contributed by atoms with Crippen LogP contribution in [0.1, 0.15) is 36.5 Å². The number of thioether (sulfide) groups is 1. The number of hydrogen-bond donors (Lipinski definition) is 2. The minimum absolute atomic E-state index is 0.0605. The number of methoxy groups -OCH3 is 3. The van der Waals surface area contributed by atoms with Gasteiger partial charge in [-0.3, -0.25) is 14.5 Å². The number of nitrogens with one attached hydrogen (secondary N) is 1. The highest BCUT2D eigenvalue weighted by Gasteiger charge is 2.42. The number of carbonyl (C=O) groups excluding carboxylic acids is 2. The van der Waals surface area contributed by atoms with Crippen molar-refractivity contribution < 1.29 is 28.3 Å². The molecular formula is C27H27N7O6S2. The third kappa shape index (κ3) is 5.38. The lowest BCUT2D eigenvalue weighted by molar-refractivity contribution is -0.116. The number of anilines is 2. The molecule has 3 N–H and O–H groups in total. The number of aromatic nitrogens is 3. The number of nitrogens with zero attached hydrogens (tertiary/aromatic N) is 5. The predicted molar refractivity (Wildman–Crippen MR) is 155 cm³/mol. The van der Waals surface area contributed by atoms with E-state index in [-0.39, 0.29) is 28.8 Å². The molecule has 3 aromatic rings. The van der Waals surface area contributed by atoms with Gasteiger partial charge in [0.05, 0.1) is 44.6 Å². The van der Waals surface area contributed by atoms with Gasteiger partial charge in [-0.15, -0.1) is 10.2 Å². The number of ketones is 1. The first-order valence-electron chi connectivity index (χ1n) is 12.7. The number of nitriles is 1. The summed E-state index contributed by atoms with van der Waals surface area (Å²) >= 11 is 2.40. The first-order valence-corrected chi connectivity index (χ1v) is 14.5. The summed E-state index contributed by atoms with van der Waals surface area (Å²) < 4.78 is 22.0. The number of aryl methyl sites for hydroxylation is 1. The maximum atomic E-state index is 13.5. The number of carbonyl (C=O) groups is 2. The third-order valence-corrected chi connectivity index (χ3v) is 8.78. The molecule has 0 spiro atoms. The molecule has 2 aromatic heterocycles. The highest BCUT2D eigenvalue weighted by molar-refractivity contribution is 8.01. The molecule has 1 aliphatic heterocycles. The second-order valence-electron chi connectivity index (χ2n) is 9.29. The Morgan fingerprint density at radius 3 is 2.57 bits per heavy atom. The van der Waals surface area contributed by atoms with Crippen molar-refractivity contribution in [2.45, 2.75) is 36.4 Å². The van der Waals surface area contributed by atoms with Gasteiger partial charge in [0.15, 0.2) is 27.4 Å². The summed E-state index contributed by atoms with van der Waals surface area (Å²) in [7, 11) is 4.50. The fourth-order valence-electron chi connectivity index (χ4n) is 4.99. The molecule has 1 amide bonds. The number of Topliss-reactive ketones (excluding diaryl/α,β-unsaturated/α-hetero) is 1. The molecule has 3 heterocycles. The molecule has 2 aliphatic rings. The van der Waals surface area contributed by atoms with Crippen molar-refractivity contribution in [3.63, 3.8) is 0 Å². The monoisotopic (exact) mass is 609 g/mol. The van der Waals surface area contributed by atoms with E-state index in [9.17, 15) is 14.9 Å². The van der Waals surface area contributed by atoms with Crippen molar-refractivity contribution in [1.29, 1.82) is 5.26 Å². The lowest BCUT2D eigenvalue weighted by atomic mass is 9.75. The summed E-state index contributed by atoms with van der Waals surface area (Å²) in [4.78, 5) is 27.5. The molecule has 0 saturated heterocycles. The summed E-state index contributed by atoms with van der Waals surface area (Å²) in [6, 6.07) is 7.30. The molecule has 42 heavy (non-hydrogen) atoms. The van der Waals surface area contributed by atoms with E-state index in [4.69, 9.17) is 24.5 Å². The summed E-state index contributed by atoms with van der Waals surface area (Å²) in [6.45, 7) is 1.73. The van der Waals surface area contributed by atoms with E-state index in [1.54, 1.807) is 30.0 Å². The predicted octanol–water partition coefficient (Wildman–Crippen LogP) is 3.90. The highest BCUT2D eigenvalue weighted by Crippen LogP contribution is 2.49. The zero-order valence-corrected chi connectivity index (χ0v) is 24.9. The van der Waals surface area contributed by atoms with E-state index in [1.165, 1.54) is 44.4 Å². The van der Waals surface area contributed by atoms with Crippen LogP contribution in [0.25, 0.3) is 0 Å². The van der Waals surface area contributed by atoms with Crippen molar-refractivity contribution in [2.24, 2.45) is 5.73 Å². The van der Waals surface area contributed by atoms with Crippen LogP contribution in [0.15, 0.2) is 49.7 Å². The second kappa shape index (κ2) is 12.1. The van der Waals surface area contributed by atoms with Crippen molar-refractivity contribution in [1.82, 2.24) is 15.4 Å². The minimum atomic E-state index is -0.742. The van der Waals surface area contributed by atoms with Crippen LogP contribution in [0, 0.1) is 18.3 Å². The number of hydrogen-bond acceptors (Lipinski definition) is 14. The molecule has 218 valence electrons.